The molecule has 0 spiro atoms. The molecule has 3 rings (SSSR count). The summed E-state index contributed by atoms with van der Waals surface area (Å²) >= 11 is 0. The zero-order chi connectivity index (χ0) is 16.3. The third kappa shape index (κ3) is 4.05. The lowest BCUT2D eigenvalue weighted by atomic mass is 10.1. The minimum atomic E-state index is -3.47. The fraction of sp³-hybridized carbons (Fsp3) is 0.500. The number of hydrogen-bond acceptors (Lipinski definition) is 7. The van der Waals surface area contributed by atoms with Crippen molar-refractivity contribution in [3.63, 3.8) is 0 Å². The molecule has 8 nitrogen and oxygen atoms in total. The van der Waals surface area contributed by atoms with E-state index < -0.39 is 10.0 Å². The van der Waals surface area contributed by atoms with Crippen LogP contribution in [0.5, 0.6) is 0 Å². The zero-order valence-corrected chi connectivity index (χ0v) is 13.7. The van der Waals surface area contributed by atoms with Gasteiger partial charge in [-0.2, -0.15) is 0 Å². The van der Waals surface area contributed by atoms with E-state index in [4.69, 9.17) is 4.52 Å². The second kappa shape index (κ2) is 6.63. The molecular weight excluding hydrogens is 318 g/mol. The normalized spacial score (nSPS) is 19.0. The summed E-state index contributed by atoms with van der Waals surface area (Å²) in [5.41, 5.74) is 1.18. The lowest BCUT2D eigenvalue weighted by Gasteiger charge is -2.32. The zero-order valence-electron chi connectivity index (χ0n) is 12.8. The molecule has 2 aromatic rings. The first-order chi connectivity index (χ1) is 11.0. The molecule has 1 saturated heterocycles. The number of hydrogen-bond donors (Lipinski definition) is 1. The molecule has 9 heteroatoms. The van der Waals surface area contributed by atoms with Crippen LogP contribution in [0.25, 0.3) is 0 Å². The van der Waals surface area contributed by atoms with Gasteiger partial charge in [-0.3, -0.25) is 0 Å². The van der Waals surface area contributed by atoms with Crippen LogP contribution in [0.4, 0.5) is 5.95 Å². The van der Waals surface area contributed by atoms with Gasteiger partial charge in [-0.25, -0.2) is 23.1 Å². The summed E-state index contributed by atoms with van der Waals surface area (Å²) in [5, 5.41) is 3.73. The van der Waals surface area contributed by atoms with Gasteiger partial charge in [0.2, 0.25) is 16.0 Å². The van der Waals surface area contributed by atoms with E-state index in [0.717, 1.165) is 24.9 Å². The highest BCUT2D eigenvalue weighted by molar-refractivity contribution is 7.88. The highest BCUT2D eigenvalue weighted by atomic mass is 32.2. The Bertz CT molecular complexity index is 747. The Morgan fingerprint density at radius 1 is 1.39 bits per heavy atom. The molecule has 0 saturated carbocycles. The van der Waals surface area contributed by atoms with E-state index >= 15 is 0 Å². The van der Waals surface area contributed by atoms with Crippen LogP contribution in [0.2, 0.25) is 0 Å². The molecule has 0 bridgehead atoms. The highest BCUT2D eigenvalue weighted by Crippen LogP contribution is 2.17. The topological polar surface area (TPSA) is 101 Å². The molecule has 23 heavy (non-hydrogen) atoms. The molecule has 1 fully saturated rings. The van der Waals surface area contributed by atoms with E-state index in [9.17, 15) is 8.42 Å². The van der Waals surface area contributed by atoms with Gasteiger partial charge in [0.1, 0.15) is 17.7 Å². The fourth-order valence-electron chi connectivity index (χ4n) is 2.63. The molecule has 1 unspecified atom stereocenters. The van der Waals surface area contributed by atoms with Crippen molar-refractivity contribution in [3.05, 3.63) is 36.0 Å². The summed E-state index contributed by atoms with van der Waals surface area (Å²) in [4.78, 5) is 10.4. The van der Waals surface area contributed by atoms with E-state index in [1.807, 2.05) is 4.90 Å². The summed E-state index contributed by atoms with van der Waals surface area (Å²) in [6.45, 7) is 3.15. The Balaban J connectivity index is 1.64. The first kappa shape index (κ1) is 15.9. The molecular formula is C14H19N5O3S. The lowest BCUT2D eigenvalue weighted by molar-refractivity contribution is 0.412. The standard InChI is InChI=1S/C14H19N5O3S/c1-11-9-22-17-13(11)10-23(20,21)18-12-4-2-7-19(8-12)14-15-5-3-6-16-14/h3,5-6,9,12,18H,2,4,7-8,10H2,1H3. The number of aromatic nitrogens is 3. The summed E-state index contributed by atoms with van der Waals surface area (Å²) in [6, 6.07) is 1.60. The minimum absolute atomic E-state index is 0.162. The van der Waals surface area contributed by atoms with Crippen molar-refractivity contribution < 1.29 is 12.9 Å². The maximum atomic E-state index is 12.3. The minimum Gasteiger partial charge on any atom is -0.364 e. The maximum Gasteiger partial charge on any atom is 0.225 e. The number of aryl methyl sites for hydroxylation is 1. The van der Waals surface area contributed by atoms with Gasteiger partial charge in [-0.05, 0) is 25.8 Å². The first-order valence-electron chi connectivity index (χ1n) is 7.45. The average molecular weight is 337 g/mol. The van der Waals surface area contributed by atoms with E-state index in [1.165, 1.54) is 6.26 Å². The highest BCUT2D eigenvalue weighted by Gasteiger charge is 2.26. The number of piperidine rings is 1. The Morgan fingerprint density at radius 2 is 2.17 bits per heavy atom. The molecule has 1 N–H and O–H groups in total. The van der Waals surface area contributed by atoms with Crippen molar-refractivity contribution in [1.29, 1.82) is 0 Å². The SMILES string of the molecule is Cc1conc1CS(=O)(=O)NC1CCCN(c2ncccn2)C1. The van der Waals surface area contributed by atoms with Crippen LogP contribution in [0.15, 0.2) is 29.2 Å². The number of rotatable bonds is 5. The van der Waals surface area contributed by atoms with Gasteiger partial charge in [0.05, 0.1) is 0 Å². The Morgan fingerprint density at radius 3 is 2.87 bits per heavy atom. The van der Waals surface area contributed by atoms with Gasteiger partial charge in [-0.1, -0.05) is 5.16 Å². The second-order valence-corrected chi connectivity index (χ2v) is 7.41. The predicted molar refractivity (Wildman–Crippen MR) is 84.3 cm³/mol. The van der Waals surface area contributed by atoms with E-state index in [-0.39, 0.29) is 11.8 Å². The van der Waals surface area contributed by atoms with Gasteiger partial charge in [0.15, 0.2) is 0 Å². The summed E-state index contributed by atoms with van der Waals surface area (Å²) in [7, 11) is -3.47. The van der Waals surface area contributed by atoms with Crippen LogP contribution in [0, 0.1) is 6.92 Å². The average Bonchev–Trinajstić information content (AvgIpc) is 2.92. The quantitative estimate of drug-likeness (QED) is 0.863. The molecule has 0 aromatic carbocycles. The van der Waals surface area contributed by atoms with Crippen LogP contribution < -0.4 is 9.62 Å². The Kier molecular flexibility index (Phi) is 4.58. The Hall–Kier alpha value is -2.00. The van der Waals surface area contributed by atoms with Crippen molar-refractivity contribution in [3.8, 4) is 0 Å². The lowest BCUT2D eigenvalue weighted by Crippen LogP contribution is -2.48. The molecule has 1 aliphatic rings. The molecule has 2 aromatic heterocycles. The van der Waals surface area contributed by atoms with Crippen molar-refractivity contribution in [2.75, 3.05) is 18.0 Å². The van der Waals surface area contributed by atoms with E-state index in [2.05, 4.69) is 19.8 Å². The summed E-state index contributed by atoms with van der Waals surface area (Å²) < 4.78 is 32.2. The van der Waals surface area contributed by atoms with Crippen molar-refractivity contribution in [2.24, 2.45) is 0 Å². The molecule has 0 aliphatic carbocycles. The van der Waals surface area contributed by atoms with Gasteiger partial charge in [-0.15, -0.1) is 0 Å². The largest absolute Gasteiger partial charge is 0.364 e. The number of sulfonamides is 1. The smallest absolute Gasteiger partial charge is 0.225 e. The number of nitrogens with one attached hydrogen (secondary N) is 1. The molecule has 3 heterocycles. The van der Waals surface area contributed by atoms with Gasteiger partial charge < -0.3 is 9.42 Å². The van der Waals surface area contributed by atoms with Crippen LogP contribution in [-0.2, 0) is 15.8 Å². The third-order valence-corrected chi connectivity index (χ3v) is 5.12. The molecule has 1 atom stereocenters. The predicted octanol–water partition coefficient (Wildman–Crippen LogP) is 0.861. The van der Waals surface area contributed by atoms with E-state index in [0.29, 0.717) is 18.2 Å². The molecule has 0 radical (unpaired) electrons. The first-order valence-corrected chi connectivity index (χ1v) is 9.10. The molecule has 0 amide bonds. The maximum absolute atomic E-state index is 12.3. The second-order valence-electron chi connectivity index (χ2n) is 5.66. The van der Waals surface area contributed by atoms with Crippen LogP contribution in [-0.4, -0.2) is 42.7 Å². The van der Waals surface area contributed by atoms with E-state index in [1.54, 1.807) is 25.4 Å². The number of anilines is 1. The van der Waals surface area contributed by atoms with Crippen molar-refractivity contribution >= 4 is 16.0 Å². The Labute approximate surface area is 135 Å². The van der Waals surface area contributed by atoms with Gasteiger partial charge in [0.25, 0.3) is 0 Å². The van der Waals surface area contributed by atoms with Crippen molar-refractivity contribution in [2.45, 2.75) is 31.6 Å². The third-order valence-electron chi connectivity index (χ3n) is 3.78. The monoisotopic (exact) mass is 337 g/mol. The van der Waals surface area contributed by atoms with Crippen molar-refractivity contribution in [1.82, 2.24) is 19.8 Å². The summed E-state index contributed by atoms with van der Waals surface area (Å²) in [5.74, 6) is 0.456. The molecule has 1 aliphatic heterocycles. The number of nitrogens with zero attached hydrogens (tertiary/aromatic N) is 4. The fourth-order valence-corrected chi connectivity index (χ4v) is 4.06. The molecule has 124 valence electrons. The summed E-state index contributed by atoms with van der Waals surface area (Å²) in [6.07, 6.45) is 6.49. The van der Waals surface area contributed by atoms with Gasteiger partial charge >= 0.3 is 0 Å². The van der Waals surface area contributed by atoms with Crippen LogP contribution >= 0.6 is 0 Å². The van der Waals surface area contributed by atoms with Crippen LogP contribution in [0.3, 0.4) is 0 Å². The van der Waals surface area contributed by atoms with Gasteiger partial charge in [0, 0.05) is 37.1 Å². The van der Waals surface area contributed by atoms with Crippen LogP contribution in [0.1, 0.15) is 24.1 Å².